The van der Waals surface area contributed by atoms with Crippen LogP contribution in [-0.4, -0.2) is 65.4 Å². The zero-order valence-corrected chi connectivity index (χ0v) is 14.8. The minimum atomic E-state index is -2.94. The molecule has 0 saturated carbocycles. The second-order valence-corrected chi connectivity index (χ2v) is 5.85. The second-order valence-electron chi connectivity index (χ2n) is 5.85. The topological polar surface area (TPSA) is 80.9 Å². The van der Waals surface area contributed by atoms with E-state index in [0.29, 0.717) is 50.8 Å². The van der Waals surface area contributed by atoms with Crippen LogP contribution in [0.15, 0.2) is 28.8 Å². The van der Waals surface area contributed by atoms with Crippen LogP contribution < -0.4 is 4.74 Å². The predicted octanol–water partition coefficient (Wildman–Crippen LogP) is 2.61. The summed E-state index contributed by atoms with van der Waals surface area (Å²) < 4.78 is 39.8. The number of hydrogen-bond donors (Lipinski definition) is 0. The molecule has 0 aliphatic carbocycles. The summed E-state index contributed by atoms with van der Waals surface area (Å²) in [6.07, 6.45) is -0.312. The van der Waals surface area contributed by atoms with Gasteiger partial charge < -0.3 is 18.9 Å². The highest BCUT2D eigenvalue weighted by atomic mass is 19.3. The smallest absolute Gasteiger partial charge is 0.409 e. The molecule has 1 aromatic heterocycles. The fourth-order valence-electron chi connectivity index (χ4n) is 2.77. The fraction of sp³-hybridized carbons (Fsp3) is 0.471. The van der Waals surface area contributed by atoms with Crippen LogP contribution in [0.1, 0.15) is 12.8 Å². The van der Waals surface area contributed by atoms with Crippen LogP contribution in [0.3, 0.4) is 0 Å². The number of carbonyl (C=O) groups excluding carboxylic acids is 1. The summed E-state index contributed by atoms with van der Waals surface area (Å²) in [7, 11) is 0. The van der Waals surface area contributed by atoms with Crippen LogP contribution in [0, 0.1) is 0 Å². The summed E-state index contributed by atoms with van der Waals surface area (Å²) in [5.74, 6) is 0.538. The molecule has 3 rings (SSSR count). The maximum atomic E-state index is 12.5. The maximum absolute atomic E-state index is 12.5. The first-order chi connectivity index (χ1) is 13.1. The Labute approximate surface area is 154 Å². The highest BCUT2D eigenvalue weighted by Gasteiger charge is 2.23. The number of carbonyl (C=O) groups is 1. The lowest BCUT2D eigenvalue weighted by molar-refractivity contribution is -0.0494. The lowest BCUT2D eigenvalue weighted by Crippen LogP contribution is -2.48. The molecule has 10 heteroatoms. The average molecular weight is 382 g/mol. The Kier molecular flexibility index (Phi) is 6.17. The molecule has 146 valence electrons. The third-order valence-electron chi connectivity index (χ3n) is 4.07. The predicted molar refractivity (Wildman–Crippen MR) is 90.2 cm³/mol. The molecule has 0 radical (unpaired) electrons. The van der Waals surface area contributed by atoms with Crippen molar-refractivity contribution in [3.05, 3.63) is 30.2 Å². The van der Waals surface area contributed by atoms with Crippen LogP contribution in [0.4, 0.5) is 13.6 Å². The Balaban J connectivity index is 1.60. The Bertz CT molecular complexity index is 763. The fourth-order valence-corrected chi connectivity index (χ4v) is 2.77. The standard InChI is InChI=1S/C17H20F2N4O4/c1-2-25-17(24)23-9-7-22(8-10-23)11-14-20-15(21-27-14)12-5-3-4-6-13(12)26-16(18)19/h3-6,16H,2,7-11H2,1H3. The third kappa shape index (κ3) is 4.91. The number of amides is 1. The van der Waals surface area contributed by atoms with Gasteiger partial charge in [0.2, 0.25) is 11.7 Å². The number of alkyl halides is 2. The second kappa shape index (κ2) is 8.76. The van der Waals surface area contributed by atoms with Gasteiger partial charge in [0.05, 0.1) is 18.7 Å². The van der Waals surface area contributed by atoms with Gasteiger partial charge in [0.25, 0.3) is 0 Å². The zero-order chi connectivity index (χ0) is 19.2. The molecule has 8 nitrogen and oxygen atoms in total. The van der Waals surface area contributed by atoms with E-state index in [-0.39, 0.29) is 17.7 Å². The van der Waals surface area contributed by atoms with Gasteiger partial charge in [-0.1, -0.05) is 17.3 Å². The van der Waals surface area contributed by atoms with E-state index < -0.39 is 6.61 Å². The van der Waals surface area contributed by atoms with Gasteiger partial charge in [-0.15, -0.1) is 0 Å². The van der Waals surface area contributed by atoms with E-state index in [1.807, 2.05) is 0 Å². The van der Waals surface area contributed by atoms with E-state index in [1.54, 1.807) is 30.0 Å². The van der Waals surface area contributed by atoms with Crippen molar-refractivity contribution >= 4 is 6.09 Å². The maximum Gasteiger partial charge on any atom is 0.409 e. The molecule has 0 unspecified atom stereocenters. The number of piperazine rings is 1. The quantitative estimate of drug-likeness (QED) is 0.760. The molecule has 27 heavy (non-hydrogen) atoms. The van der Waals surface area contributed by atoms with Crippen LogP contribution in [-0.2, 0) is 11.3 Å². The SMILES string of the molecule is CCOC(=O)N1CCN(Cc2nc(-c3ccccc3OC(F)F)no2)CC1. The largest absolute Gasteiger partial charge is 0.450 e. The van der Waals surface area contributed by atoms with Gasteiger partial charge in [-0.3, -0.25) is 4.90 Å². The Hall–Kier alpha value is -2.75. The Morgan fingerprint density at radius 1 is 1.26 bits per heavy atom. The highest BCUT2D eigenvalue weighted by molar-refractivity contribution is 5.67. The van der Waals surface area contributed by atoms with Crippen LogP contribution in [0.2, 0.25) is 0 Å². The molecule has 0 atom stereocenters. The van der Waals surface area contributed by atoms with Crippen LogP contribution in [0.5, 0.6) is 5.75 Å². The number of para-hydroxylation sites is 1. The molecule has 1 fully saturated rings. The van der Waals surface area contributed by atoms with Crippen molar-refractivity contribution in [3.63, 3.8) is 0 Å². The summed E-state index contributed by atoms with van der Waals surface area (Å²) in [4.78, 5) is 19.7. The van der Waals surface area contributed by atoms with E-state index in [2.05, 4.69) is 19.8 Å². The molecular weight excluding hydrogens is 362 g/mol. The summed E-state index contributed by atoms with van der Waals surface area (Å²) in [5, 5.41) is 3.87. The number of halogens is 2. The average Bonchev–Trinajstić information content (AvgIpc) is 3.11. The molecule has 2 aromatic rings. The van der Waals surface area contributed by atoms with E-state index in [9.17, 15) is 13.6 Å². The van der Waals surface area contributed by atoms with Crippen molar-refractivity contribution < 1.29 is 27.6 Å². The number of rotatable bonds is 6. The molecule has 1 aromatic carbocycles. The molecule has 0 spiro atoms. The van der Waals surface area contributed by atoms with Gasteiger partial charge >= 0.3 is 12.7 Å². The van der Waals surface area contributed by atoms with E-state index >= 15 is 0 Å². The van der Waals surface area contributed by atoms with Crippen LogP contribution in [0.25, 0.3) is 11.4 Å². The zero-order valence-electron chi connectivity index (χ0n) is 14.8. The Morgan fingerprint density at radius 2 is 2.00 bits per heavy atom. The van der Waals surface area contributed by atoms with E-state index in [4.69, 9.17) is 9.26 Å². The molecule has 1 aliphatic rings. The Morgan fingerprint density at radius 3 is 2.70 bits per heavy atom. The first kappa shape index (κ1) is 19.0. The van der Waals surface area contributed by atoms with Crippen molar-refractivity contribution in [1.82, 2.24) is 19.9 Å². The molecular formula is C17H20F2N4O4. The van der Waals surface area contributed by atoms with Crippen molar-refractivity contribution in [3.8, 4) is 17.1 Å². The van der Waals surface area contributed by atoms with Crippen molar-refractivity contribution in [2.24, 2.45) is 0 Å². The normalized spacial score (nSPS) is 15.2. The molecule has 1 aliphatic heterocycles. The molecule has 0 bridgehead atoms. The number of benzene rings is 1. The van der Waals surface area contributed by atoms with Crippen molar-refractivity contribution in [2.45, 2.75) is 20.1 Å². The van der Waals surface area contributed by atoms with Crippen molar-refractivity contribution in [2.75, 3.05) is 32.8 Å². The van der Waals surface area contributed by atoms with Gasteiger partial charge in [0, 0.05) is 26.2 Å². The first-order valence-corrected chi connectivity index (χ1v) is 8.57. The van der Waals surface area contributed by atoms with E-state index in [1.165, 1.54) is 6.07 Å². The number of nitrogens with zero attached hydrogens (tertiary/aromatic N) is 4. The van der Waals surface area contributed by atoms with Gasteiger partial charge in [0.15, 0.2) is 0 Å². The van der Waals surface area contributed by atoms with Gasteiger partial charge in [-0.25, -0.2) is 4.79 Å². The monoisotopic (exact) mass is 382 g/mol. The summed E-state index contributed by atoms with van der Waals surface area (Å²) in [6, 6.07) is 6.28. The minimum absolute atomic E-state index is 0.0112. The minimum Gasteiger partial charge on any atom is -0.450 e. The van der Waals surface area contributed by atoms with Gasteiger partial charge in [-0.2, -0.15) is 13.8 Å². The number of aromatic nitrogens is 2. The summed E-state index contributed by atoms with van der Waals surface area (Å²) in [6.45, 7) is 1.96. The summed E-state index contributed by atoms with van der Waals surface area (Å²) in [5.41, 5.74) is 0.333. The van der Waals surface area contributed by atoms with Gasteiger partial charge in [0.1, 0.15) is 5.75 Å². The third-order valence-corrected chi connectivity index (χ3v) is 4.07. The van der Waals surface area contributed by atoms with Crippen molar-refractivity contribution in [1.29, 1.82) is 0 Å². The van der Waals surface area contributed by atoms with Gasteiger partial charge in [-0.05, 0) is 19.1 Å². The number of ether oxygens (including phenoxy) is 2. The lowest BCUT2D eigenvalue weighted by atomic mass is 10.2. The molecule has 1 saturated heterocycles. The van der Waals surface area contributed by atoms with Crippen LogP contribution >= 0.6 is 0 Å². The number of hydrogen-bond acceptors (Lipinski definition) is 7. The lowest BCUT2D eigenvalue weighted by Gasteiger charge is -2.33. The van der Waals surface area contributed by atoms with E-state index in [0.717, 1.165) is 0 Å². The highest BCUT2D eigenvalue weighted by Crippen LogP contribution is 2.29. The molecule has 1 amide bonds. The molecule has 0 N–H and O–H groups in total. The summed E-state index contributed by atoms with van der Waals surface area (Å²) >= 11 is 0. The first-order valence-electron chi connectivity index (χ1n) is 8.57. The molecule has 2 heterocycles.